The van der Waals surface area contributed by atoms with E-state index in [1.165, 1.54) is 12.3 Å². The molecule has 1 atom stereocenters. The van der Waals surface area contributed by atoms with Crippen molar-refractivity contribution in [2.45, 2.75) is 45.2 Å². The first kappa shape index (κ1) is 20.0. The number of aromatic nitrogens is 4. The van der Waals surface area contributed by atoms with E-state index in [2.05, 4.69) is 24.8 Å². The van der Waals surface area contributed by atoms with Crippen LogP contribution in [-0.2, 0) is 11.3 Å². The van der Waals surface area contributed by atoms with Crippen LogP contribution in [0.4, 0.5) is 15.9 Å². The van der Waals surface area contributed by atoms with Gasteiger partial charge in [0, 0.05) is 31.9 Å². The lowest BCUT2D eigenvalue weighted by Crippen LogP contribution is -2.31. The third kappa shape index (κ3) is 4.64. The zero-order chi connectivity index (χ0) is 20.9. The second-order valence-corrected chi connectivity index (χ2v) is 7.47. The summed E-state index contributed by atoms with van der Waals surface area (Å²) >= 11 is 0. The van der Waals surface area contributed by atoms with E-state index in [0.717, 1.165) is 49.6 Å². The number of carbonyl (C=O) groups excluding carboxylic acids is 1. The fourth-order valence-corrected chi connectivity index (χ4v) is 3.83. The molecule has 0 radical (unpaired) electrons. The normalized spacial score (nSPS) is 16.1. The number of pyridine rings is 2. The molecule has 4 heterocycles. The van der Waals surface area contributed by atoms with E-state index >= 15 is 0 Å². The lowest BCUT2D eigenvalue weighted by molar-refractivity contribution is -0.132. The van der Waals surface area contributed by atoms with E-state index in [1.54, 1.807) is 18.5 Å². The zero-order valence-electron chi connectivity index (χ0n) is 17.0. The maximum atomic E-state index is 13.0. The van der Waals surface area contributed by atoms with Gasteiger partial charge in [0.2, 0.25) is 5.91 Å². The molecule has 3 aromatic rings. The van der Waals surface area contributed by atoms with Crippen LogP contribution in [-0.4, -0.2) is 36.9 Å². The van der Waals surface area contributed by atoms with E-state index in [4.69, 9.17) is 0 Å². The van der Waals surface area contributed by atoms with Crippen LogP contribution in [0.1, 0.15) is 43.2 Å². The largest absolute Gasteiger partial charge is 0.339 e. The van der Waals surface area contributed by atoms with Crippen molar-refractivity contribution in [2.24, 2.45) is 0 Å². The van der Waals surface area contributed by atoms with E-state index in [-0.39, 0.29) is 17.8 Å². The number of aryl methyl sites for hydroxylation is 2. The van der Waals surface area contributed by atoms with Crippen LogP contribution >= 0.6 is 0 Å². The molecule has 0 spiro atoms. The van der Waals surface area contributed by atoms with Crippen LogP contribution in [0.5, 0.6) is 0 Å². The molecular weight excluding hydrogens is 383 g/mol. The predicted molar refractivity (Wildman–Crippen MR) is 112 cm³/mol. The van der Waals surface area contributed by atoms with Gasteiger partial charge in [0.25, 0.3) is 0 Å². The fraction of sp³-hybridized carbons (Fsp3) is 0.364. The van der Waals surface area contributed by atoms with Crippen molar-refractivity contribution in [1.82, 2.24) is 24.4 Å². The van der Waals surface area contributed by atoms with E-state index in [1.807, 2.05) is 30.2 Å². The number of anilines is 2. The van der Waals surface area contributed by atoms with Crippen LogP contribution in [0.15, 0.2) is 49.1 Å². The van der Waals surface area contributed by atoms with Crippen molar-refractivity contribution in [1.29, 1.82) is 0 Å². The van der Waals surface area contributed by atoms with Crippen LogP contribution in [0.25, 0.3) is 0 Å². The standard InChI is InChI=1S/C22H25FN6O/c1-16-24-10-13-28(16)11-3-5-22(30)29-12-2-4-20(29)19-8-7-18(15-25-19)27-21-9-6-17(23)14-26-21/h6-10,13-15,20H,2-5,11-12H2,1H3,(H,26,27). The van der Waals surface area contributed by atoms with Crippen LogP contribution in [0.3, 0.4) is 0 Å². The summed E-state index contributed by atoms with van der Waals surface area (Å²) in [6.07, 6.45) is 9.83. The molecule has 7 nitrogen and oxygen atoms in total. The van der Waals surface area contributed by atoms with Crippen LogP contribution in [0, 0.1) is 12.7 Å². The molecule has 0 aromatic carbocycles. The number of rotatable bonds is 7. The molecule has 3 aromatic heterocycles. The number of likely N-dealkylation sites (tertiary alicyclic amines) is 1. The first-order valence-electron chi connectivity index (χ1n) is 10.2. The summed E-state index contributed by atoms with van der Waals surface area (Å²) in [5.74, 6) is 1.32. The molecule has 1 saturated heterocycles. The minimum atomic E-state index is -0.375. The third-order valence-electron chi connectivity index (χ3n) is 5.41. The van der Waals surface area contributed by atoms with Gasteiger partial charge in [-0.15, -0.1) is 0 Å². The zero-order valence-corrected chi connectivity index (χ0v) is 17.0. The van der Waals surface area contributed by atoms with Crippen molar-refractivity contribution in [2.75, 3.05) is 11.9 Å². The Bertz CT molecular complexity index is 986. The minimum absolute atomic E-state index is 0.0190. The van der Waals surface area contributed by atoms with Gasteiger partial charge in [-0.1, -0.05) is 0 Å². The lowest BCUT2D eigenvalue weighted by atomic mass is 10.1. The highest BCUT2D eigenvalue weighted by molar-refractivity contribution is 5.77. The summed E-state index contributed by atoms with van der Waals surface area (Å²) in [7, 11) is 0. The summed E-state index contributed by atoms with van der Waals surface area (Å²) in [5, 5.41) is 3.10. The summed E-state index contributed by atoms with van der Waals surface area (Å²) in [6, 6.07) is 6.80. The Morgan fingerprint density at radius 1 is 1.20 bits per heavy atom. The Balaban J connectivity index is 1.34. The van der Waals surface area contributed by atoms with Crippen molar-refractivity contribution in [3.8, 4) is 0 Å². The average Bonchev–Trinajstić information content (AvgIpc) is 3.40. The second kappa shape index (κ2) is 9.02. The van der Waals surface area contributed by atoms with Gasteiger partial charge in [-0.25, -0.2) is 14.4 Å². The Hall–Kier alpha value is -3.29. The highest BCUT2D eigenvalue weighted by atomic mass is 19.1. The monoisotopic (exact) mass is 408 g/mol. The Morgan fingerprint density at radius 3 is 2.80 bits per heavy atom. The number of hydrogen-bond donors (Lipinski definition) is 1. The maximum absolute atomic E-state index is 13.0. The number of hydrogen-bond acceptors (Lipinski definition) is 5. The summed E-state index contributed by atoms with van der Waals surface area (Å²) < 4.78 is 15.0. The Labute approximate surface area is 175 Å². The van der Waals surface area contributed by atoms with Crippen LogP contribution in [0.2, 0.25) is 0 Å². The molecule has 156 valence electrons. The van der Waals surface area contributed by atoms with Gasteiger partial charge < -0.3 is 14.8 Å². The molecule has 30 heavy (non-hydrogen) atoms. The van der Waals surface area contributed by atoms with Gasteiger partial charge in [-0.3, -0.25) is 9.78 Å². The van der Waals surface area contributed by atoms with Gasteiger partial charge in [0.1, 0.15) is 17.5 Å². The van der Waals surface area contributed by atoms with E-state index in [0.29, 0.717) is 12.2 Å². The molecule has 1 amide bonds. The molecule has 1 fully saturated rings. The molecule has 0 saturated carbocycles. The first-order chi connectivity index (χ1) is 14.6. The van der Waals surface area contributed by atoms with Gasteiger partial charge in [-0.05, 0) is 50.5 Å². The number of amides is 1. The van der Waals surface area contributed by atoms with Gasteiger partial charge in [-0.2, -0.15) is 0 Å². The molecule has 8 heteroatoms. The van der Waals surface area contributed by atoms with Gasteiger partial charge in [0.05, 0.1) is 29.8 Å². The van der Waals surface area contributed by atoms with Crippen molar-refractivity contribution >= 4 is 17.4 Å². The molecular formula is C22H25FN6O. The van der Waals surface area contributed by atoms with Gasteiger partial charge in [0.15, 0.2) is 0 Å². The van der Waals surface area contributed by atoms with Crippen molar-refractivity contribution in [3.05, 3.63) is 66.4 Å². The summed E-state index contributed by atoms with van der Waals surface area (Å²) in [6.45, 7) is 3.54. The fourth-order valence-electron chi connectivity index (χ4n) is 3.83. The minimum Gasteiger partial charge on any atom is -0.339 e. The quantitative estimate of drug-likeness (QED) is 0.639. The number of halogens is 1. The highest BCUT2D eigenvalue weighted by Crippen LogP contribution is 2.32. The Morgan fingerprint density at radius 2 is 2.10 bits per heavy atom. The average molecular weight is 408 g/mol. The van der Waals surface area contributed by atoms with Crippen molar-refractivity contribution < 1.29 is 9.18 Å². The molecule has 1 aliphatic rings. The van der Waals surface area contributed by atoms with Crippen LogP contribution < -0.4 is 5.32 Å². The molecule has 1 N–H and O–H groups in total. The summed E-state index contributed by atoms with van der Waals surface area (Å²) in [5.41, 5.74) is 1.66. The molecule has 0 aliphatic carbocycles. The molecule has 1 unspecified atom stereocenters. The number of imidazole rings is 1. The number of carbonyl (C=O) groups is 1. The number of nitrogens with one attached hydrogen (secondary N) is 1. The highest BCUT2D eigenvalue weighted by Gasteiger charge is 2.30. The first-order valence-corrected chi connectivity index (χ1v) is 10.2. The maximum Gasteiger partial charge on any atom is 0.223 e. The van der Waals surface area contributed by atoms with E-state index in [9.17, 15) is 9.18 Å². The smallest absolute Gasteiger partial charge is 0.223 e. The molecule has 4 rings (SSSR count). The second-order valence-electron chi connectivity index (χ2n) is 7.47. The van der Waals surface area contributed by atoms with E-state index < -0.39 is 0 Å². The number of nitrogens with zero attached hydrogens (tertiary/aromatic N) is 5. The molecule has 1 aliphatic heterocycles. The lowest BCUT2D eigenvalue weighted by Gasteiger charge is -2.24. The van der Waals surface area contributed by atoms with Crippen molar-refractivity contribution in [3.63, 3.8) is 0 Å². The van der Waals surface area contributed by atoms with Gasteiger partial charge >= 0.3 is 0 Å². The molecule has 0 bridgehead atoms. The topological polar surface area (TPSA) is 75.9 Å². The Kier molecular flexibility index (Phi) is 6.02. The predicted octanol–water partition coefficient (Wildman–Crippen LogP) is 4.01. The summed E-state index contributed by atoms with van der Waals surface area (Å²) in [4.78, 5) is 27.5. The third-order valence-corrected chi connectivity index (χ3v) is 5.41. The SMILES string of the molecule is Cc1nccn1CCCC(=O)N1CCCC1c1ccc(Nc2ccc(F)cn2)cn1.